The molecule has 1 atom stereocenters. The van der Waals surface area contributed by atoms with Gasteiger partial charge in [-0.1, -0.05) is 101 Å². The molecule has 2 aromatic rings. The quantitative estimate of drug-likeness (QED) is 0.112. The Bertz CT molecular complexity index is 991. The summed E-state index contributed by atoms with van der Waals surface area (Å²) in [4.78, 5) is 21.1. The van der Waals surface area contributed by atoms with Gasteiger partial charge in [0.15, 0.2) is 0 Å². The first-order valence-corrected chi connectivity index (χ1v) is 13.5. The number of hydrogen-bond acceptors (Lipinski definition) is 5. The van der Waals surface area contributed by atoms with Crippen LogP contribution in [0.4, 0.5) is 0 Å². The van der Waals surface area contributed by atoms with E-state index in [0.29, 0.717) is 11.9 Å². The molecule has 5 nitrogen and oxygen atoms in total. The van der Waals surface area contributed by atoms with Crippen LogP contribution in [0.3, 0.4) is 0 Å². The van der Waals surface area contributed by atoms with E-state index < -0.39 is 11.4 Å². The van der Waals surface area contributed by atoms with E-state index in [1.165, 1.54) is 54.4 Å². The van der Waals surface area contributed by atoms with Gasteiger partial charge in [-0.25, -0.2) is 4.79 Å². The van der Waals surface area contributed by atoms with Crippen LogP contribution in [0.1, 0.15) is 70.4 Å². The fourth-order valence-electron chi connectivity index (χ4n) is 3.70. The van der Waals surface area contributed by atoms with Gasteiger partial charge < -0.3 is 14.9 Å². The lowest BCUT2D eigenvalue weighted by Crippen LogP contribution is -2.30. The molecule has 0 radical (unpaired) electrons. The average Bonchev–Trinajstić information content (AvgIpc) is 2.95. The van der Waals surface area contributed by atoms with Gasteiger partial charge in [0.05, 0.1) is 19.8 Å². The Hall–Kier alpha value is -3.02. The lowest BCUT2D eigenvalue weighted by atomic mass is 9.85. The van der Waals surface area contributed by atoms with E-state index in [-0.39, 0.29) is 25.4 Å². The number of rotatable bonds is 16. The van der Waals surface area contributed by atoms with Crippen LogP contribution in [-0.2, 0) is 27.2 Å². The number of carbonyl (C=O) groups is 2. The van der Waals surface area contributed by atoms with Crippen molar-refractivity contribution >= 4 is 12.3 Å². The smallest absolute Gasteiger partial charge is 0.333 e. The molecule has 0 amide bonds. The molecule has 2 aromatic carbocycles. The zero-order valence-corrected chi connectivity index (χ0v) is 23.5. The highest BCUT2D eigenvalue weighted by molar-refractivity contribution is 5.86. The molecule has 0 aliphatic rings. The number of hydrogen-bond donors (Lipinski definition) is 2. The molecular formula is C33H46O5. The molecule has 0 spiro atoms. The monoisotopic (exact) mass is 522 g/mol. The number of aldehydes is 1. The molecule has 0 saturated heterocycles. The maximum Gasteiger partial charge on any atom is 0.333 e. The van der Waals surface area contributed by atoms with Gasteiger partial charge in [0.2, 0.25) is 0 Å². The normalized spacial score (nSPS) is 12.0. The minimum absolute atomic E-state index is 0.0283. The van der Waals surface area contributed by atoms with Gasteiger partial charge in [-0.05, 0) is 54.9 Å². The molecule has 0 aliphatic carbocycles. The topological polar surface area (TPSA) is 83.8 Å². The molecule has 208 valence electrons. The highest BCUT2D eigenvalue weighted by Crippen LogP contribution is 2.26. The van der Waals surface area contributed by atoms with Crippen LogP contribution in [0.25, 0.3) is 11.1 Å². The van der Waals surface area contributed by atoms with Crippen molar-refractivity contribution in [1.82, 2.24) is 0 Å². The number of benzene rings is 2. The average molecular weight is 523 g/mol. The van der Waals surface area contributed by atoms with Crippen molar-refractivity contribution in [2.45, 2.75) is 72.1 Å². The van der Waals surface area contributed by atoms with Crippen molar-refractivity contribution in [2.75, 3.05) is 19.8 Å². The third-order valence-corrected chi connectivity index (χ3v) is 6.48. The summed E-state index contributed by atoms with van der Waals surface area (Å²) >= 11 is 0. The summed E-state index contributed by atoms with van der Waals surface area (Å²) in [6.07, 6.45) is 9.82. The van der Waals surface area contributed by atoms with E-state index >= 15 is 0 Å². The number of unbranched alkanes of at least 4 members (excludes halogenated alkanes) is 4. The van der Waals surface area contributed by atoms with Gasteiger partial charge in [0, 0.05) is 16.6 Å². The maximum absolute atomic E-state index is 11.7. The van der Waals surface area contributed by atoms with Crippen LogP contribution in [0.15, 0.2) is 72.8 Å². The second-order valence-electron chi connectivity index (χ2n) is 10.3. The molecule has 0 fully saturated rings. The summed E-state index contributed by atoms with van der Waals surface area (Å²) in [5, 5.41) is 17.8. The van der Waals surface area contributed by atoms with Crippen molar-refractivity contribution in [3.8, 4) is 11.1 Å². The molecule has 1 unspecified atom stereocenters. The van der Waals surface area contributed by atoms with Gasteiger partial charge in [0.25, 0.3) is 0 Å². The second-order valence-corrected chi connectivity index (χ2v) is 10.3. The van der Waals surface area contributed by atoms with Crippen molar-refractivity contribution in [2.24, 2.45) is 5.41 Å². The standard InChI is InChI=1S/C29H40O3.C4H6O2/c1-5-6-7-8-9-10-24-11-15-26(16-12-24)27-17-13-25(14-18-27)19-20-29(4,21-30)22-32-28(31)23(2)3;1-4(2-5)3-6/h11-18,30H,2,5-10,19-22H2,1,3-4H3;2,6H,1,3H2. The summed E-state index contributed by atoms with van der Waals surface area (Å²) in [6, 6.07) is 17.6. The Morgan fingerprint density at radius 3 is 1.84 bits per heavy atom. The fourth-order valence-corrected chi connectivity index (χ4v) is 3.70. The highest BCUT2D eigenvalue weighted by atomic mass is 16.5. The Labute approximate surface area is 229 Å². The number of carbonyl (C=O) groups excluding carboxylic acids is 2. The minimum Gasteiger partial charge on any atom is -0.462 e. The SMILES string of the molecule is C=C(C)C(=O)OCC(C)(CO)CCc1ccc(-c2ccc(CCCCCCC)cc2)cc1.C=C(C=O)CO. The maximum atomic E-state index is 11.7. The summed E-state index contributed by atoms with van der Waals surface area (Å²) in [5.41, 5.74) is 5.20. The molecule has 0 heterocycles. The third kappa shape index (κ3) is 13.0. The van der Waals surface area contributed by atoms with Gasteiger partial charge in [-0.2, -0.15) is 0 Å². The number of ether oxygens (including phenoxy) is 1. The zero-order chi connectivity index (χ0) is 28.4. The van der Waals surface area contributed by atoms with Crippen LogP contribution in [0.2, 0.25) is 0 Å². The van der Waals surface area contributed by atoms with Crippen LogP contribution in [0, 0.1) is 5.41 Å². The van der Waals surface area contributed by atoms with Crippen molar-refractivity contribution in [3.63, 3.8) is 0 Å². The van der Waals surface area contributed by atoms with E-state index in [1.54, 1.807) is 6.92 Å². The first-order valence-electron chi connectivity index (χ1n) is 13.5. The molecule has 2 rings (SSSR count). The summed E-state index contributed by atoms with van der Waals surface area (Å²) in [5.74, 6) is -0.406. The van der Waals surface area contributed by atoms with Crippen LogP contribution in [0.5, 0.6) is 0 Å². The van der Waals surface area contributed by atoms with E-state index in [1.807, 2.05) is 6.92 Å². The highest BCUT2D eigenvalue weighted by Gasteiger charge is 2.25. The first-order chi connectivity index (χ1) is 18.2. The molecule has 0 bridgehead atoms. The van der Waals surface area contributed by atoms with Gasteiger partial charge >= 0.3 is 5.97 Å². The third-order valence-electron chi connectivity index (χ3n) is 6.48. The van der Waals surface area contributed by atoms with Crippen molar-refractivity contribution in [1.29, 1.82) is 0 Å². The second kappa shape index (κ2) is 18.3. The van der Waals surface area contributed by atoms with Crippen LogP contribution < -0.4 is 0 Å². The minimum atomic E-state index is -0.462. The first kappa shape index (κ1) is 33.0. The molecular weight excluding hydrogens is 476 g/mol. The lowest BCUT2D eigenvalue weighted by Gasteiger charge is -2.26. The zero-order valence-electron chi connectivity index (χ0n) is 23.5. The van der Waals surface area contributed by atoms with E-state index in [9.17, 15) is 14.7 Å². The summed E-state index contributed by atoms with van der Waals surface area (Å²) < 4.78 is 5.28. The van der Waals surface area contributed by atoms with Crippen LogP contribution >= 0.6 is 0 Å². The Balaban J connectivity index is 0.00000107. The summed E-state index contributed by atoms with van der Waals surface area (Å²) in [6.45, 7) is 12.5. The molecule has 5 heteroatoms. The number of aliphatic hydroxyl groups excluding tert-OH is 2. The largest absolute Gasteiger partial charge is 0.462 e. The Morgan fingerprint density at radius 2 is 1.42 bits per heavy atom. The van der Waals surface area contributed by atoms with Crippen molar-refractivity contribution in [3.05, 3.63) is 84.0 Å². The lowest BCUT2D eigenvalue weighted by molar-refractivity contribution is -0.143. The van der Waals surface area contributed by atoms with Gasteiger partial charge in [-0.3, -0.25) is 4.79 Å². The predicted molar refractivity (Wildman–Crippen MR) is 156 cm³/mol. The van der Waals surface area contributed by atoms with E-state index in [2.05, 4.69) is 68.6 Å². The number of aliphatic hydroxyl groups is 2. The Kier molecular flexibility index (Phi) is 15.9. The molecule has 0 aromatic heterocycles. The Morgan fingerprint density at radius 1 is 0.895 bits per heavy atom. The van der Waals surface area contributed by atoms with Gasteiger partial charge in [0.1, 0.15) is 6.29 Å². The van der Waals surface area contributed by atoms with Gasteiger partial charge in [-0.15, -0.1) is 0 Å². The molecule has 38 heavy (non-hydrogen) atoms. The number of esters is 1. The van der Waals surface area contributed by atoms with E-state index in [4.69, 9.17) is 9.84 Å². The van der Waals surface area contributed by atoms with E-state index in [0.717, 1.165) is 19.3 Å². The van der Waals surface area contributed by atoms with Crippen LogP contribution in [-0.4, -0.2) is 42.3 Å². The summed E-state index contributed by atoms with van der Waals surface area (Å²) in [7, 11) is 0. The molecule has 2 N–H and O–H groups in total. The fraction of sp³-hybridized carbons (Fsp3) is 0.455. The number of aryl methyl sites for hydroxylation is 2. The van der Waals surface area contributed by atoms with Crippen molar-refractivity contribution < 1.29 is 24.5 Å². The predicted octanol–water partition coefficient (Wildman–Crippen LogP) is 6.65. The molecule has 0 saturated carbocycles. The molecule has 0 aliphatic heterocycles.